The first-order chi connectivity index (χ1) is 10.5. The Hall–Kier alpha value is -1.37. The molecule has 2 aromatic rings. The molecule has 0 amide bonds. The van der Waals surface area contributed by atoms with Gasteiger partial charge in [0.05, 0.1) is 11.4 Å². The molecule has 1 aliphatic heterocycles. The monoisotopic (exact) mass is 380 g/mol. The van der Waals surface area contributed by atoms with Crippen LogP contribution in [0.1, 0.15) is 23.6 Å². The molecule has 1 unspecified atom stereocenters. The fraction of sp³-hybridized carbons (Fsp3) is 0.250. The predicted octanol–water partition coefficient (Wildman–Crippen LogP) is 3.19. The van der Waals surface area contributed by atoms with Gasteiger partial charge in [-0.2, -0.15) is 0 Å². The molecule has 2 aromatic carbocycles. The normalized spacial score (nSPS) is 18.1. The SMILES string of the molecule is NC1CCN(S(=O)(=O)Cc2ccccc2)c2cc(Br)ccc21. The van der Waals surface area contributed by atoms with Crippen LogP contribution < -0.4 is 10.0 Å². The number of sulfonamides is 1. The largest absolute Gasteiger partial charge is 0.324 e. The molecule has 3 rings (SSSR count). The van der Waals surface area contributed by atoms with E-state index >= 15 is 0 Å². The van der Waals surface area contributed by atoms with Crippen LogP contribution in [0, 0.1) is 0 Å². The fourth-order valence-electron chi connectivity index (χ4n) is 2.73. The van der Waals surface area contributed by atoms with Gasteiger partial charge < -0.3 is 5.73 Å². The van der Waals surface area contributed by atoms with Crippen molar-refractivity contribution in [1.82, 2.24) is 0 Å². The van der Waals surface area contributed by atoms with E-state index < -0.39 is 10.0 Å². The number of hydrogen-bond acceptors (Lipinski definition) is 3. The van der Waals surface area contributed by atoms with Gasteiger partial charge in [-0.1, -0.05) is 52.3 Å². The molecule has 22 heavy (non-hydrogen) atoms. The second-order valence-corrected chi connectivity index (χ2v) is 8.22. The lowest BCUT2D eigenvalue weighted by atomic mass is 9.99. The highest BCUT2D eigenvalue weighted by molar-refractivity contribution is 9.10. The fourth-order valence-corrected chi connectivity index (χ4v) is 4.69. The summed E-state index contributed by atoms with van der Waals surface area (Å²) in [5.41, 5.74) is 8.47. The first-order valence-corrected chi connectivity index (χ1v) is 9.47. The minimum atomic E-state index is -3.43. The summed E-state index contributed by atoms with van der Waals surface area (Å²) in [5.74, 6) is -0.00493. The standard InChI is InChI=1S/C16H17BrN2O2S/c17-13-6-7-14-15(18)8-9-19(16(14)10-13)22(20,21)11-12-4-2-1-3-5-12/h1-7,10,15H,8-9,11,18H2. The molecule has 4 nitrogen and oxygen atoms in total. The van der Waals surface area contributed by atoms with Gasteiger partial charge in [0.25, 0.3) is 0 Å². The molecule has 2 N–H and O–H groups in total. The van der Waals surface area contributed by atoms with E-state index in [1.807, 2.05) is 48.5 Å². The third-order valence-corrected chi connectivity index (χ3v) is 6.07. The molecule has 0 saturated heterocycles. The Morgan fingerprint density at radius 3 is 2.64 bits per heavy atom. The molecular weight excluding hydrogens is 364 g/mol. The van der Waals surface area contributed by atoms with Crippen LogP contribution in [0.2, 0.25) is 0 Å². The third-order valence-electron chi connectivity index (χ3n) is 3.83. The summed E-state index contributed by atoms with van der Waals surface area (Å²) < 4.78 is 27.9. The lowest BCUT2D eigenvalue weighted by Crippen LogP contribution is -2.39. The summed E-state index contributed by atoms with van der Waals surface area (Å²) in [6.45, 7) is 0.416. The summed E-state index contributed by atoms with van der Waals surface area (Å²) in [4.78, 5) is 0. The molecule has 116 valence electrons. The van der Waals surface area contributed by atoms with E-state index in [0.29, 0.717) is 18.7 Å². The van der Waals surface area contributed by atoms with Crippen molar-refractivity contribution < 1.29 is 8.42 Å². The number of benzene rings is 2. The molecule has 1 aliphatic rings. The van der Waals surface area contributed by atoms with Gasteiger partial charge in [-0.25, -0.2) is 8.42 Å². The Labute approximate surface area is 139 Å². The van der Waals surface area contributed by atoms with Crippen LogP contribution in [-0.4, -0.2) is 15.0 Å². The Morgan fingerprint density at radius 2 is 1.91 bits per heavy atom. The Bertz CT molecular complexity index is 778. The van der Waals surface area contributed by atoms with Crippen LogP contribution in [0.3, 0.4) is 0 Å². The van der Waals surface area contributed by atoms with Gasteiger partial charge in [-0.15, -0.1) is 0 Å². The molecule has 0 fully saturated rings. The quantitative estimate of drug-likeness (QED) is 0.888. The number of nitrogens with two attached hydrogens (primary N) is 1. The van der Waals surface area contributed by atoms with Crippen LogP contribution in [0.25, 0.3) is 0 Å². The first kappa shape index (κ1) is 15.5. The zero-order valence-corrected chi connectivity index (χ0v) is 14.3. The van der Waals surface area contributed by atoms with E-state index in [0.717, 1.165) is 15.6 Å². The van der Waals surface area contributed by atoms with Crippen LogP contribution >= 0.6 is 15.9 Å². The van der Waals surface area contributed by atoms with Gasteiger partial charge in [-0.3, -0.25) is 4.31 Å². The number of hydrogen-bond donors (Lipinski definition) is 1. The van der Waals surface area contributed by atoms with Gasteiger partial charge in [0.2, 0.25) is 10.0 Å². The lowest BCUT2D eigenvalue weighted by Gasteiger charge is -2.33. The number of rotatable bonds is 3. The average Bonchev–Trinajstić information content (AvgIpc) is 2.47. The van der Waals surface area contributed by atoms with Gasteiger partial charge >= 0.3 is 0 Å². The molecule has 0 spiro atoms. The molecule has 1 atom stereocenters. The summed E-state index contributed by atoms with van der Waals surface area (Å²) in [6.07, 6.45) is 0.628. The molecular formula is C16H17BrN2O2S. The highest BCUT2D eigenvalue weighted by Crippen LogP contribution is 2.36. The predicted molar refractivity (Wildman–Crippen MR) is 92.1 cm³/mol. The summed E-state index contributed by atoms with van der Waals surface area (Å²) in [5, 5.41) is 0. The minimum Gasteiger partial charge on any atom is -0.324 e. The Balaban J connectivity index is 1.98. The minimum absolute atomic E-state index is 0.00493. The zero-order chi connectivity index (χ0) is 15.7. The summed E-state index contributed by atoms with van der Waals surface area (Å²) >= 11 is 3.41. The highest BCUT2D eigenvalue weighted by Gasteiger charge is 2.30. The van der Waals surface area contributed by atoms with E-state index in [1.54, 1.807) is 0 Å². The van der Waals surface area contributed by atoms with E-state index in [9.17, 15) is 8.42 Å². The smallest absolute Gasteiger partial charge is 0.239 e. The topological polar surface area (TPSA) is 63.4 Å². The van der Waals surface area contributed by atoms with Gasteiger partial charge in [0.15, 0.2) is 0 Å². The summed E-state index contributed by atoms with van der Waals surface area (Å²) in [6, 6.07) is 14.7. The lowest BCUT2D eigenvalue weighted by molar-refractivity contribution is 0.573. The van der Waals surface area contributed by atoms with Crippen LogP contribution in [0.5, 0.6) is 0 Å². The van der Waals surface area contributed by atoms with Gasteiger partial charge in [-0.05, 0) is 29.7 Å². The van der Waals surface area contributed by atoms with Crippen molar-refractivity contribution in [2.24, 2.45) is 5.73 Å². The molecule has 0 aromatic heterocycles. The summed E-state index contributed by atoms with van der Waals surface area (Å²) in [7, 11) is -3.43. The maximum Gasteiger partial charge on any atom is 0.239 e. The van der Waals surface area contributed by atoms with Crippen molar-refractivity contribution in [1.29, 1.82) is 0 Å². The number of halogens is 1. The second-order valence-electron chi connectivity index (χ2n) is 5.41. The molecule has 0 radical (unpaired) electrons. The maximum atomic E-state index is 12.8. The Kier molecular flexibility index (Phi) is 4.25. The van der Waals surface area contributed by atoms with E-state index in [4.69, 9.17) is 5.73 Å². The Morgan fingerprint density at radius 1 is 1.18 bits per heavy atom. The molecule has 0 saturated carbocycles. The third kappa shape index (κ3) is 3.04. The van der Waals surface area contributed by atoms with Crippen LogP contribution in [-0.2, 0) is 15.8 Å². The van der Waals surface area contributed by atoms with Crippen molar-refractivity contribution >= 4 is 31.6 Å². The van der Waals surface area contributed by atoms with E-state index in [2.05, 4.69) is 15.9 Å². The van der Waals surface area contributed by atoms with Gasteiger partial charge in [0, 0.05) is 17.1 Å². The number of anilines is 1. The maximum absolute atomic E-state index is 12.8. The van der Waals surface area contributed by atoms with E-state index in [1.165, 1.54) is 4.31 Å². The van der Waals surface area contributed by atoms with Crippen LogP contribution in [0.15, 0.2) is 53.0 Å². The van der Waals surface area contributed by atoms with E-state index in [-0.39, 0.29) is 11.8 Å². The van der Waals surface area contributed by atoms with Crippen molar-refractivity contribution in [3.63, 3.8) is 0 Å². The molecule has 0 aliphatic carbocycles. The average molecular weight is 381 g/mol. The highest BCUT2D eigenvalue weighted by atomic mass is 79.9. The van der Waals surface area contributed by atoms with Crippen molar-refractivity contribution in [2.75, 3.05) is 10.8 Å². The molecule has 6 heteroatoms. The first-order valence-electron chi connectivity index (χ1n) is 7.07. The number of nitrogens with zero attached hydrogens (tertiary/aromatic N) is 1. The van der Waals surface area contributed by atoms with Gasteiger partial charge in [0.1, 0.15) is 0 Å². The van der Waals surface area contributed by atoms with Crippen molar-refractivity contribution in [3.8, 4) is 0 Å². The van der Waals surface area contributed by atoms with Crippen molar-refractivity contribution in [3.05, 3.63) is 64.1 Å². The molecule has 1 heterocycles. The van der Waals surface area contributed by atoms with Crippen molar-refractivity contribution in [2.45, 2.75) is 18.2 Å². The zero-order valence-electron chi connectivity index (χ0n) is 11.9. The number of fused-ring (bicyclic) bond motifs is 1. The molecule has 0 bridgehead atoms. The van der Waals surface area contributed by atoms with Crippen LogP contribution in [0.4, 0.5) is 5.69 Å². The second kappa shape index (κ2) is 6.02.